The zero-order valence-electron chi connectivity index (χ0n) is 12.7. The lowest BCUT2D eigenvalue weighted by Gasteiger charge is -2.32. The highest BCUT2D eigenvalue weighted by Gasteiger charge is 2.22. The number of pyridine rings is 1. The van der Waals surface area contributed by atoms with Crippen molar-refractivity contribution in [1.29, 1.82) is 0 Å². The Bertz CT molecular complexity index is 627. The molecule has 2 aromatic rings. The fraction of sp³-hybridized carbons (Fsp3) is 0.412. The first-order valence-electron chi connectivity index (χ1n) is 7.55. The van der Waals surface area contributed by atoms with E-state index < -0.39 is 0 Å². The molecule has 2 aromatic heterocycles. The van der Waals surface area contributed by atoms with Gasteiger partial charge in [-0.1, -0.05) is 0 Å². The van der Waals surface area contributed by atoms with Crippen molar-refractivity contribution in [2.24, 2.45) is 0 Å². The highest BCUT2D eigenvalue weighted by molar-refractivity contribution is 7.13. The van der Waals surface area contributed by atoms with Crippen molar-refractivity contribution in [2.45, 2.75) is 25.3 Å². The van der Waals surface area contributed by atoms with E-state index in [-0.39, 0.29) is 5.97 Å². The van der Waals surface area contributed by atoms with E-state index in [0.29, 0.717) is 10.8 Å². The molecule has 0 N–H and O–H groups in total. The fourth-order valence-corrected chi connectivity index (χ4v) is 3.97. The third kappa shape index (κ3) is 3.54. The molecule has 1 aliphatic heterocycles. The zero-order valence-corrected chi connectivity index (χ0v) is 13.5. The molecule has 4 nitrogen and oxygen atoms in total. The number of piperidine rings is 1. The van der Waals surface area contributed by atoms with E-state index in [2.05, 4.69) is 22.0 Å². The van der Waals surface area contributed by atoms with Gasteiger partial charge in [-0.2, -0.15) is 0 Å². The fourth-order valence-electron chi connectivity index (χ4n) is 3.00. The maximum atomic E-state index is 11.5. The number of ether oxygens (including phenoxy) is 1. The second-order valence-electron chi connectivity index (χ2n) is 5.61. The van der Waals surface area contributed by atoms with Gasteiger partial charge in [-0.05, 0) is 55.1 Å². The maximum absolute atomic E-state index is 11.5. The summed E-state index contributed by atoms with van der Waals surface area (Å²) in [6, 6.07) is 8.13. The minimum Gasteiger partial charge on any atom is -0.465 e. The normalized spacial score (nSPS) is 19.0. The third-order valence-electron chi connectivity index (χ3n) is 4.11. The minimum atomic E-state index is -0.246. The number of hydrogen-bond acceptors (Lipinski definition) is 5. The number of aromatic nitrogens is 1. The maximum Gasteiger partial charge on any atom is 0.348 e. The Morgan fingerprint density at radius 3 is 2.95 bits per heavy atom. The van der Waals surface area contributed by atoms with Crippen LogP contribution in [0.2, 0.25) is 0 Å². The second-order valence-corrected chi connectivity index (χ2v) is 6.78. The average molecular weight is 316 g/mol. The molecule has 1 aliphatic rings. The molecule has 22 heavy (non-hydrogen) atoms. The van der Waals surface area contributed by atoms with Crippen LogP contribution in [-0.4, -0.2) is 36.1 Å². The lowest BCUT2D eigenvalue weighted by molar-refractivity contribution is 0.0606. The van der Waals surface area contributed by atoms with Crippen LogP contribution < -0.4 is 0 Å². The predicted molar refractivity (Wildman–Crippen MR) is 87.1 cm³/mol. The average Bonchev–Trinajstić information content (AvgIpc) is 3.04. The second kappa shape index (κ2) is 7.03. The molecule has 116 valence electrons. The van der Waals surface area contributed by atoms with Crippen LogP contribution in [-0.2, 0) is 11.3 Å². The predicted octanol–water partition coefficient (Wildman–Crippen LogP) is 3.31. The van der Waals surface area contributed by atoms with Gasteiger partial charge in [0.25, 0.3) is 0 Å². The van der Waals surface area contributed by atoms with Gasteiger partial charge in [0.1, 0.15) is 4.88 Å². The Balaban J connectivity index is 1.63. The number of thiophene rings is 1. The van der Waals surface area contributed by atoms with E-state index in [1.54, 1.807) is 0 Å². The number of likely N-dealkylation sites (tertiary alicyclic amines) is 1. The molecule has 0 amide bonds. The van der Waals surface area contributed by atoms with E-state index in [1.807, 2.05) is 24.5 Å². The van der Waals surface area contributed by atoms with Gasteiger partial charge in [-0.25, -0.2) is 4.79 Å². The number of rotatable bonds is 4. The number of nitrogens with zero attached hydrogens (tertiary/aromatic N) is 2. The molecule has 1 unspecified atom stereocenters. The third-order valence-corrected chi connectivity index (χ3v) is 5.16. The zero-order chi connectivity index (χ0) is 15.4. The van der Waals surface area contributed by atoms with Crippen LogP contribution in [0, 0.1) is 0 Å². The van der Waals surface area contributed by atoms with Gasteiger partial charge in [-0.3, -0.25) is 9.88 Å². The van der Waals surface area contributed by atoms with Crippen molar-refractivity contribution in [1.82, 2.24) is 9.88 Å². The molecule has 3 rings (SSSR count). The van der Waals surface area contributed by atoms with Crippen molar-refractivity contribution >= 4 is 17.3 Å². The van der Waals surface area contributed by atoms with Gasteiger partial charge in [0, 0.05) is 30.4 Å². The smallest absolute Gasteiger partial charge is 0.348 e. The summed E-state index contributed by atoms with van der Waals surface area (Å²) in [5, 5.41) is 0. The number of carbonyl (C=O) groups excluding carboxylic acids is 1. The number of carbonyl (C=O) groups is 1. The van der Waals surface area contributed by atoms with Crippen molar-refractivity contribution in [3.63, 3.8) is 0 Å². The summed E-state index contributed by atoms with van der Waals surface area (Å²) in [6.45, 7) is 3.09. The molecule has 1 atom stereocenters. The van der Waals surface area contributed by atoms with Gasteiger partial charge < -0.3 is 4.74 Å². The molecule has 0 aliphatic carbocycles. The molecule has 0 radical (unpaired) electrons. The van der Waals surface area contributed by atoms with Crippen LogP contribution >= 0.6 is 11.3 Å². The summed E-state index contributed by atoms with van der Waals surface area (Å²) >= 11 is 1.53. The van der Waals surface area contributed by atoms with Crippen LogP contribution in [0.1, 0.15) is 38.9 Å². The molecule has 3 heterocycles. The molecule has 5 heteroatoms. The molecule has 0 saturated carbocycles. The van der Waals surface area contributed by atoms with E-state index in [0.717, 1.165) is 19.6 Å². The van der Waals surface area contributed by atoms with E-state index in [9.17, 15) is 4.79 Å². The molecular weight excluding hydrogens is 296 g/mol. The van der Waals surface area contributed by atoms with Crippen molar-refractivity contribution < 1.29 is 9.53 Å². The first-order chi connectivity index (χ1) is 10.8. The lowest BCUT2D eigenvalue weighted by Crippen LogP contribution is -2.33. The van der Waals surface area contributed by atoms with Crippen LogP contribution in [0.4, 0.5) is 0 Å². The Hall–Kier alpha value is -1.72. The van der Waals surface area contributed by atoms with Gasteiger partial charge >= 0.3 is 5.97 Å². The molecule has 1 saturated heterocycles. The standard InChI is InChI=1S/C17H20N2O2S/c1-21-17(20)16-5-4-15(22-16)12-19-10-2-3-14(11-19)13-6-8-18-9-7-13/h4-9,14H,2-3,10-12H2,1H3. The Morgan fingerprint density at radius 2 is 2.18 bits per heavy atom. The van der Waals surface area contributed by atoms with Crippen LogP contribution in [0.25, 0.3) is 0 Å². The van der Waals surface area contributed by atoms with Gasteiger partial charge in [0.2, 0.25) is 0 Å². The number of esters is 1. The van der Waals surface area contributed by atoms with Gasteiger partial charge in [-0.15, -0.1) is 11.3 Å². The molecule has 0 spiro atoms. The Labute approximate surface area is 134 Å². The molecule has 0 aromatic carbocycles. The van der Waals surface area contributed by atoms with E-state index in [4.69, 9.17) is 4.74 Å². The van der Waals surface area contributed by atoms with Crippen LogP contribution in [0.5, 0.6) is 0 Å². The molecule has 0 bridgehead atoms. The van der Waals surface area contributed by atoms with Gasteiger partial charge in [0.15, 0.2) is 0 Å². The van der Waals surface area contributed by atoms with Crippen LogP contribution in [0.15, 0.2) is 36.7 Å². The first-order valence-corrected chi connectivity index (χ1v) is 8.37. The molecule has 1 fully saturated rings. The number of methoxy groups -OCH3 is 1. The minimum absolute atomic E-state index is 0.246. The quantitative estimate of drug-likeness (QED) is 0.812. The summed E-state index contributed by atoms with van der Waals surface area (Å²) in [5.74, 6) is 0.335. The van der Waals surface area contributed by atoms with Gasteiger partial charge in [0.05, 0.1) is 7.11 Å². The van der Waals surface area contributed by atoms with Crippen molar-refractivity contribution in [2.75, 3.05) is 20.2 Å². The van der Waals surface area contributed by atoms with E-state index in [1.165, 1.54) is 41.7 Å². The highest BCUT2D eigenvalue weighted by atomic mass is 32.1. The monoisotopic (exact) mass is 316 g/mol. The van der Waals surface area contributed by atoms with Crippen molar-refractivity contribution in [3.05, 3.63) is 52.0 Å². The van der Waals surface area contributed by atoms with Crippen LogP contribution in [0.3, 0.4) is 0 Å². The summed E-state index contributed by atoms with van der Waals surface area (Å²) < 4.78 is 4.77. The van der Waals surface area contributed by atoms with Crippen molar-refractivity contribution in [3.8, 4) is 0 Å². The van der Waals surface area contributed by atoms with E-state index >= 15 is 0 Å². The summed E-state index contributed by atoms with van der Waals surface area (Å²) in [6.07, 6.45) is 6.19. The topological polar surface area (TPSA) is 42.4 Å². The summed E-state index contributed by atoms with van der Waals surface area (Å²) in [5.41, 5.74) is 1.38. The first kappa shape index (κ1) is 15.2. The lowest BCUT2D eigenvalue weighted by atomic mass is 9.91. The Kier molecular flexibility index (Phi) is 4.85. The highest BCUT2D eigenvalue weighted by Crippen LogP contribution is 2.28. The number of hydrogen-bond donors (Lipinski definition) is 0. The Morgan fingerprint density at radius 1 is 1.36 bits per heavy atom. The largest absolute Gasteiger partial charge is 0.465 e. The molecular formula is C17H20N2O2S. The SMILES string of the molecule is COC(=O)c1ccc(CN2CCCC(c3ccncc3)C2)s1. The summed E-state index contributed by atoms with van der Waals surface area (Å²) in [4.78, 5) is 20.0. The summed E-state index contributed by atoms with van der Waals surface area (Å²) in [7, 11) is 1.42.